The van der Waals surface area contributed by atoms with Crippen molar-refractivity contribution in [1.29, 1.82) is 0 Å². The Morgan fingerprint density at radius 1 is 1.09 bits per heavy atom. The zero-order chi connectivity index (χ0) is 15.5. The van der Waals surface area contributed by atoms with E-state index in [0.29, 0.717) is 28.7 Å². The molecule has 2 aromatic carbocycles. The summed E-state index contributed by atoms with van der Waals surface area (Å²) in [5, 5.41) is 4.97. The van der Waals surface area contributed by atoms with Crippen LogP contribution in [0.25, 0.3) is 10.9 Å². The van der Waals surface area contributed by atoms with E-state index in [0.717, 1.165) is 5.52 Å². The SMILES string of the molecule is O=C(CCn1ccc2ccccc21)Nc1cc(Cl)ccc1Cl. The minimum Gasteiger partial charge on any atom is -0.347 e. The highest BCUT2D eigenvalue weighted by molar-refractivity contribution is 6.35. The van der Waals surface area contributed by atoms with Crippen LogP contribution in [-0.4, -0.2) is 10.5 Å². The fourth-order valence-corrected chi connectivity index (χ4v) is 2.70. The highest BCUT2D eigenvalue weighted by Crippen LogP contribution is 2.25. The normalized spacial score (nSPS) is 10.8. The molecule has 0 aliphatic heterocycles. The molecule has 22 heavy (non-hydrogen) atoms. The summed E-state index contributed by atoms with van der Waals surface area (Å²) in [6.45, 7) is 0.609. The summed E-state index contributed by atoms with van der Waals surface area (Å²) >= 11 is 11.9. The van der Waals surface area contributed by atoms with Crippen LogP contribution < -0.4 is 5.32 Å². The molecule has 1 aromatic heterocycles. The van der Waals surface area contributed by atoms with Crippen molar-refractivity contribution in [3.05, 3.63) is 64.8 Å². The van der Waals surface area contributed by atoms with Crippen LogP contribution in [0.1, 0.15) is 6.42 Å². The number of para-hydroxylation sites is 1. The van der Waals surface area contributed by atoms with Gasteiger partial charge in [0.15, 0.2) is 0 Å². The van der Waals surface area contributed by atoms with E-state index >= 15 is 0 Å². The van der Waals surface area contributed by atoms with Gasteiger partial charge in [-0.05, 0) is 35.7 Å². The molecule has 1 amide bonds. The monoisotopic (exact) mass is 332 g/mol. The molecule has 1 heterocycles. The zero-order valence-electron chi connectivity index (χ0n) is 11.7. The molecule has 0 saturated carbocycles. The molecule has 0 atom stereocenters. The summed E-state index contributed by atoms with van der Waals surface area (Å²) in [5.41, 5.74) is 1.66. The minimum atomic E-state index is -0.0954. The van der Waals surface area contributed by atoms with Gasteiger partial charge in [-0.15, -0.1) is 0 Å². The van der Waals surface area contributed by atoms with Crippen LogP contribution in [0.5, 0.6) is 0 Å². The first kappa shape index (κ1) is 14.9. The topological polar surface area (TPSA) is 34.0 Å². The number of anilines is 1. The molecular formula is C17H14Cl2N2O. The lowest BCUT2D eigenvalue weighted by atomic mass is 10.2. The molecule has 3 nitrogen and oxygen atoms in total. The van der Waals surface area contributed by atoms with Crippen LogP contribution in [0.15, 0.2) is 54.7 Å². The predicted octanol–water partition coefficient (Wildman–Crippen LogP) is 4.98. The molecule has 0 aliphatic rings. The quantitative estimate of drug-likeness (QED) is 0.718. The summed E-state index contributed by atoms with van der Waals surface area (Å²) in [6.07, 6.45) is 2.35. The summed E-state index contributed by atoms with van der Waals surface area (Å²) in [7, 11) is 0. The molecule has 1 N–H and O–H groups in total. The fraction of sp³-hybridized carbons (Fsp3) is 0.118. The largest absolute Gasteiger partial charge is 0.347 e. The maximum Gasteiger partial charge on any atom is 0.226 e. The van der Waals surface area contributed by atoms with Crippen molar-refractivity contribution in [3.63, 3.8) is 0 Å². The molecule has 0 unspecified atom stereocenters. The van der Waals surface area contributed by atoms with Crippen LogP contribution in [0.4, 0.5) is 5.69 Å². The highest BCUT2D eigenvalue weighted by Gasteiger charge is 2.08. The van der Waals surface area contributed by atoms with Crippen molar-refractivity contribution < 1.29 is 4.79 Å². The van der Waals surface area contributed by atoms with Gasteiger partial charge >= 0.3 is 0 Å². The van der Waals surface area contributed by atoms with Gasteiger partial charge in [0.2, 0.25) is 5.91 Å². The Kier molecular flexibility index (Phi) is 4.36. The minimum absolute atomic E-state index is 0.0954. The number of rotatable bonds is 4. The Morgan fingerprint density at radius 2 is 1.91 bits per heavy atom. The highest BCUT2D eigenvalue weighted by atomic mass is 35.5. The average molecular weight is 333 g/mol. The summed E-state index contributed by atoms with van der Waals surface area (Å²) < 4.78 is 2.06. The van der Waals surface area contributed by atoms with Gasteiger partial charge in [-0.25, -0.2) is 0 Å². The lowest BCUT2D eigenvalue weighted by molar-refractivity contribution is -0.116. The number of aryl methyl sites for hydroxylation is 1. The number of carbonyl (C=O) groups excluding carboxylic acids is 1. The van der Waals surface area contributed by atoms with E-state index in [1.54, 1.807) is 18.2 Å². The zero-order valence-corrected chi connectivity index (χ0v) is 13.2. The first-order chi connectivity index (χ1) is 10.6. The second-order valence-electron chi connectivity index (χ2n) is 4.99. The fourth-order valence-electron chi connectivity index (χ4n) is 2.36. The van der Waals surface area contributed by atoms with Gasteiger partial charge in [0.25, 0.3) is 0 Å². The number of fused-ring (bicyclic) bond motifs is 1. The van der Waals surface area contributed by atoms with E-state index < -0.39 is 0 Å². The Labute approximate surface area is 138 Å². The Bertz CT molecular complexity index is 826. The van der Waals surface area contributed by atoms with E-state index in [9.17, 15) is 4.79 Å². The van der Waals surface area contributed by atoms with Crippen molar-refractivity contribution in [2.24, 2.45) is 0 Å². The van der Waals surface area contributed by atoms with Gasteiger partial charge in [0.05, 0.1) is 10.7 Å². The third kappa shape index (κ3) is 3.26. The second-order valence-corrected chi connectivity index (χ2v) is 5.83. The number of amides is 1. The van der Waals surface area contributed by atoms with E-state index in [2.05, 4.69) is 16.0 Å². The molecule has 0 saturated heterocycles. The molecule has 0 fully saturated rings. The maximum atomic E-state index is 12.1. The smallest absolute Gasteiger partial charge is 0.226 e. The Hall–Kier alpha value is -1.97. The molecule has 112 valence electrons. The summed E-state index contributed by atoms with van der Waals surface area (Å²) in [6, 6.07) is 15.1. The molecule has 5 heteroatoms. The summed E-state index contributed by atoms with van der Waals surface area (Å²) in [4.78, 5) is 12.1. The molecule has 3 rings (SSSR count). The van der Waals surface area contributed by atoms with Crippen LogP contribution in [0, 0.1) is 0 Å². The number of aromatic nitrogens is 1. The lowest BCUT2D eigenvalue weighted by Crippen LogP contribution is -2.14. The first-order valence-electron chi connectivity index (χ1n) is 6.92. The van der Waals surface area contributed by atoms with Crippen molar-refractivity contribution in [2.45, 2.75) is 13.0 Å². The Morgan fingerprint density at radius 3 is 2.77 bits per heavy atom. The number of nitrogens with zero attached hydrogens (tertiary/aromatic N) is 1. The van der Waals surface area contributed by atoms with Crippen molar-refractivity contribution >= 4 is 45.7 Å². The predicted molar refractivity (Wildman–Crippen MR) is 91.6 cm³/mol. The number of carbonyl (C=O) groups is 1. The van der Waals surface area contributed by atoms with Crippen molar-refractivity contribution in [1.82, 2.24) is 4.57 Å². The number of benzene rings is 2. The summed E-state index contributed by atoms with van der Waals surface area (Å²) in [5.74, 6) is -0.0954. The third-order valence-electron chi connectivity index (χ3n) is 3.46. The molecule has 0 spiro atoms. The van der Waals surface area contributed by atoms with E-state index in [-0.39, 0.29) is 5.91 Å². The number of nitrogens with one attached hydrogen (secondary N) is 1. The van der Waals surface area contributed by atoms with E-state index in [1.807, 2.05) is 30.5 Å². The van der Waals surface area contributed by atoms with Gasteiger partial charge in [0.1, 0.15) is 0 Å². The van der Waals surface area contributed by atoms with Crippen LogP contribution in [0.3, 0.4) is 0 Å². The van der Waals surface area contributed by atoms with Gasteiger partial charge in [-0.1, -0.05) is 41.4 Å². The van der Waals surface area contributed by atoms with Gasteiger partial charge in [-0.3, -0.25) is 4.79 Å². The average Bonchev–Trinajstić information content (AvgIpc) is 2.92. The molecule has 0 bridgehead atoms. The van der Waals surface area contributed by atoms with Crippen molar-refractivity contribution in [2.75, 3.05) is 5.32 Å². The molecule has 0 aliphatic carbocycles. The van der Waals surface area contributed by atoms with E-state index in [4.69, 9.17) is 23.2 Å². The van der Waals surface area contributed by atoms with Crippen LogP contribution in [0.2, 0.25) is 10.0 Å². The number of halogens is 2. The van der Waals surface area contributed by atoms with Crippen molar-refractivity contribution in [3.8, 4) is 0 Å². The van der Waals surface area contributed by atoms with Gasteiger partial charge in [-0.2, -0.15) is 0 Å². The maximum absolute atomic E-state index is 12.1. The van der Waals surface area contributed by atoms with Crippen LogP contribution in [-0.2, 0) is 11.3 Å². The third-order valence-corrected chi connectivity index (χ3v) is 4.03. The van der Waals surface area contributed by atoms with Gasteiger partial charge in [0, 0.05) is 29.7 Å². The molecule has 0 radical (unpaired) electrons. The standard InChI is InChI=1S/C17H14Cl2N2O/c18-13-5-6-14(19)15(11-13)20-17(22)8-10-21-9-7-12-3-1-2-4-16(12)21/h1-7,9,11H,8,10H2,(H,20,22). The Balaban J connectivity index is 1.66. The molecular weight excluding hydrogens is 319 g/mol. The number of hydrogen-bond donors (Lipinski definition) is 1. The van der Waals surface area contributed by atoms with Gasteiger partial charge < -0.3 is 9.88 Å². The molecule has 3 aromatic rings. The van der Waals surface area contributed by atoms with E-state index in [1.165, 1.54) is 5.39 Å². The first-order valence-corrected chi connectivity index (χ1v) is 7.68. The lowest BCUT2D eigenvalue weighted by Gasteiger charge is -2.09. The second kappa shape index (κ2) is 6.42. The van der Waals surface area contributed by atoms with Crippen LogP contribution >= 0.6 is 23.2 Å². The number of hydrogen-bond acceptors (Lipinski definition) is 1.